The Hall–Kier alpha value is -2.23. The van der Waals surface area contributed by atoms with Crippen molar-refractivity contribution in [3.63, 3.8) is 0 Å². The largest absolute Gasteiger partial charge is 0.473 e. The number of carboxylic acids is 2. The third kappa shape index (κ3) is 7.90. The van der Waals surface area contributed by atoms with Crippen molar-refractivity contribution < 1.29 is 24.9 Å². The molecule has 0 bridgehead atoms. The smallest absolute Gasteiger partial charge is 0.414 e. The number of nitriles is 1. The maximum atomic E-state index is 9.18. The zero-order valence-corrected chi connectivity index (χ0v) is 16.0. The van der Waals surface area contributed by atoms with E-state index in [1.807, 2.05) is 0 Å². The molecule has 0 aliphatic heterocycles. The number of thioether (sulfide) groups is 1. The number of carbonyl (C=O) groups is 2. The number of hydrogen-bond donors (Lipinski definition) is 4. The molecule has 9 nitrogen and oxygen atoms in total. The van der Waals surface area contributed by atoms with E-state index in [1.165, 1.54) is 29.3 Å². The molecule has 0 unspecified atom stereocenters. The van der Waals surface area contributed by atoms with Crippen LogP contribution in [0.25, 0.3) is 0 Å². The second kappa shape index (κ2) is 11.5. The summed E-state index contributed by atoms with van der Waals surface area (Å²) in [6.07, 6.45) is 3.85. The minimum atomic E-state index is -1.82. The average molecular weight is 431 g/mol. The van der Waals surface area contributed by atoms with Gasteiger partial charge in [0.1, 0.15) is 11.1 Å². The van der Waals surface area contributed by atoms with Crippen LogP contribution in [0, 0.1) is 11.3 Å². The molecular formula is C15H15ClN4O5S2. The maximum Gasteiger partial charge on any atom is 0.414 e. The fourth-order valence-corrected chi connectivity index (χ4v) is 3.91. The second-order valence-corrected chi connectivity index (χ2v) is 7.46. The van der Waals surface area contributed by atoms with Gasteiger partial charge in [-0.2, -0.15) is 5.26 Å². The van der Waals surface area contributed by atoms with Gasteiger partial charge in [-0.3, -0.25) is 4.98 Å². The summed E-state index contributed by atoms with van der Waals surface area (Å²) in [4.78, 5) is 27.5. The molecule has 2 aromatic heterocycles. The van der Waals surface area contributed by atoms with Crippen molar-refractivity contribution in [2.75, 3.05) is 6.61 Å². The van der Waals surface area contributed by atoms with Crippen LogP contribution in [0.1, 0.15) is 22.1 Å². The van der Waals surface area contributed by atoms with Crippen molar-refractivity contribution in [1.82, 2.24) is 9.97 Å². The zero-order chi connectivity index (χ0) is 20.4. The molecule has 0 spiro atoms. The van der Waals surface area contributed by atoms with Gasteiger partial charge in [0.15, 0.2) is 0 Å². The van der Waals surface area contributed by atoms with E-state index < -0.39 is 11.9 Å². The molecule has 2 atom stereocenters. The second-order valence-electron chi connectivity index (χ2n) is 4.92. The lowest BCUT2D eigenvalue weighted by Crippen LogP contribution is -2.25. The number of halogens is 1. The lowest BCUT2D eigenvalue weighted by molar-refractivity contribution is -0.159. The Morgan fingerprint density at radius 2 is 2.04 bits per heavy atom. The first-order chi connectivity index (χ1) is 12.8. The van der Waals surface area contributed by atoms with Gasteiger partial charge in [-0.05, 0) is 12.5 Å². The quantitative estimate of drug-likeness (QED) is 0.391. The van der Waals surface area contributed by atoms with E-state index in [4.69, 9.17) is 42.2 Å². The molecule has 0 fully saturated rings. The minimum Gasteiger partial charge on any atom is -0.473 e. The van der Waals surface area contributed by atoms with E-state index in [0.717, 1.165) is 4.88 Å². The van der Waals surface area contributed by atoms with E-state index in [9.17, 15) is 5.26 Å². The number of nitrogens with two attached hydrogens (primary N) is 1. The first-order valence-corrected chi connectivity index (χ1v) is 9.35. The molecule has 0 saturated carbocycles. The van der Waals surface area contributed by atoms with Gasteiger partial charge >= 0.3 is 11.9 Å². The summed E-state index contributed by atoms with van der Waals surface area (Å²) >= 11 is 8.81. The minimum absolute atomic E-state index is 0.0135. The number of nitrogens with zero attached hydrogens (tertiary/aromatic N) is 3. The van der Waals surface area contributed by atoms with E-state index in [2.05, 4.69) is 16.0 Å². The molecule has 0 radical (unpaired) electrons. The van der Waals surface area contributed by atoms with Gasteiger partial charge in [-0.25, -0.2) is 14.6 Å². The molecule has 27 heavy (non-hydrogen) atoms. The Labute approximate surface area is 167 Å². The molecule has 12 heteroatoms. The van der Waals surface area contributed by atoms with E-state index >= 15 is 0 Å². The highest BCUT2D eigenvalue weighted by atomic mass is 35.5. The van der Waals surface area contributed by atoms with Crippen molar-refractivity contribution >= 4 is 46.6 Å². The van der Waals surface area contributed by atoms with Crippen molar-refractivity contribution in [2.24, 2.45) is 5.73 Å². The Morgan fingerprint density at radius 1 is 1.37 bits per heavy atom. The molecule has 144 valence electrons. The molecule has 0 aromatic carbocycles. The Balaban J connectivity index is 0.000000527. The summed E-state index contributed by atoms with van der Waals surface area (Å²) in [5, 5.41) is 34.1. The standard InChI is InChI=1S/C13H13ClN4OS2.C2H2O4/c14-9-1-8(3-15)13(18-4-9)21-11(2-10(16)6-19)12-5-17-7-20-12;3-1(4)2(5)6/h1,4-5,7,10-11,19H,2,6,16H2;(H,3,4)(H,5,6)/t10-,11+;/m0./s1. The number of carboxylic acid groups (broad SMARTS) is 2. The number of rotatable bonds is 6. The Bertz CT molecular complexity index is 801. The Morgan fingerprint density at radius 3 is 2.52 bits per heavy atom. The van der Waals surface area contributed by atoms with E-state index in [1.54, 1.807) is 17.8 Å². The van der Waals surface area contributed by atoms with Crippen LogP contribution in [-0.4, -0.2) is 49.9 Å². The number of thiazole rings is 1. The first-order valence-electron chi connectivity index (χ1n) is 7.21. The van der Waals surface area contributed by atoms with Gasteiger partial charge < -0.3 is 21.1 Å². The van der Waals surface area contributed by atoms with Gasteiger partial charge in [0.25, 0.3) is 0 Å². The van der Waals surface area contributed by atoms with Crippen molar-refractivity contribution in [3.8, 4) is 6.07 Å². The van der Waals surface area contributed by atoms with Crippen LogP contribution in [0.15, 0.2) is 29.0 Å². The zero-order valence-electron chi connectivity index (χ0n) is 13.6. The summed E-state index contributed by atoms with van der Waals surface area (Å²) in [5.41, 5.74) is 8.02. The van der Waals surface area contributed by atoms with Crippen molar-refractivity contribution in [2.45, 2.75) is 22.7 Å². The monoisotopic (exact) mass is 430 g/mol. The van der Waals surface area contributed by atoms with Crippen LogP contribution < -0.4 is 5.73 Å². The van der Waals surface area contributed by atoms with E-state index in [0.29, 0.717) is 22.0 Å². The van der Waals surface area contributed by atoms with Crippen LogP contribution in [-0.2, 0) is 9.59 Å². The number of aliphatic carboxylic acids is 2. The normalized spacial score (nSPS) is 12.2. The number of aromatic nitrogens is 2. The van der Waals surface area contributed by atoms with Gasteiger partial charge in [-0.15, -0.1) is 11.3 Å². The van der Waals surface area contributed by atoms with Crippen molar-refractivity contribution in [1.29, 1.82) is 5.26 Å². The lowest BCUT2D eigenvalue weighted by Gasteiger charge is -2.18. The summed E-state index contributed by atoms with van der Waals surface area (Å²) in [7, 11) is 0. The van der Waals surface area contributed by atoms with Crippen LogP contribution >= 0.6 is 34.7 Å². The van der Waals surface area contributed by atoms with Gasteiger partial charge in [0.2, 0.25) is 0 Å². The van der Waals surface area contributed by atoms with Crippen LogP contribution in [0.3, 0.4) is 0 Å². The molecule has 0 aliphatic rings. The fraction of sp³-hybridized carbons (Fsp3) is 0.267. The lowest BCUT2D eigenvalue weighted by atomic mass is 10.1. The summed E-state index contributed by atoms with van der Waals surface area (Å²) < 4.78 is 0. The van der Waals surface area contributed by atoms with Gasteiger partial charge in [0.05, 0.1) is 22.7 Å². The van der Waals surface area contributed by atoms with Gasteiger partial charge in [0, 0.05) is 28.6 Å². The third-order valence-electron chi connectivity index (χ3n) is 2.90. The highest BCUT2D eigenvalue weighted by molar-refractivity contribution is 7.99. The highest BCUT2D eigenvalue weighted by Crippen LogP contribution is 2.40. The van der Waals surface area contributed by atoms with Crippen LogP contribution in [0.2, 0.25) is 5.02 Å². The van der Waals surface area contributed by atoms with Crippen LogP contribution in [0.4, 0.5) is 0 Å². The van der Waals surface area contributed by atoms with Crippen molar-refractivity contribution in [3.05, 3.63) is 39.4 Å². The average Bonchev–Trinajstić information content (AvgIpc) is 3.17. The van der Waals surface area contributed by atoms with E-state index in [-0.39, 0.29) is 17.9 Å². The predicted molar refractivity (Wildman–Crippen MR) is 99.6 cm³/mol. The van der Waals surface area contributed by atoms with Gasteiger partial charge in [-0.1, -0.05) is 23.4 Å². The first kappa shape index (κ1) is 22.8. The maximum absolute atomic E-state index is 9.18. The molecule has 2 rings (SSSR count). The third-order valence-corrected chi connectivity index (χ3v) is 5.42. The Kier molecular flexibility index (Phi) is 9.70. The summed E-state index contributed by atoms with van der Waals surface area (Å²) in [5.74, 6) is -3.65. The van der Waals surface area contributed by atoms with Crippen LogP contribution in [0.5, 0.6) is 0 Å². The molecular weight excluding hydrogens is 416 g/mol. The molecule has 5 N–H and O–H groups in total. The molecule has 2 heterocycles. The number of pyridine rings is 1. The SMILES string of the molecule is N#Cc1cc(Cl)cnc1S[C@H](C[C@H](N)CO)c1cncs1.O=C(O)C(=O)O. The summed E-state index contributed by atoms with van der Waals surface area (Å²) in [6, 6.07) is 3.35. The highest BCUT2D eigenvalue weighted by Gasteiger charge is 2.20. The number of aliphatic hydroxyl groups is 1. The summed E-state index contributed by atoms with van der Waals surface area (Å²) in [6.45, 7) is -0.0883. The fourth-order valence-electron chi connectivity index (χ4n) is 1.69. The number of aliphatic hydroxyl groups excluding tert-OH is 1. The molecule has 0 saturated heterocycles. The molecule has 0 aliphatic carbocycles. The number of hydrogen-bond acceptors (Lipinski definition) is 9. The molecule has 0 amide bonds. The topological polar surface area (TPSA) is 170 Å². The molecule has 2 aromatic rings. The predicted octanol–water partition coefficient (Wildman–Crippen LogP) is 1.76.